The van der Waals surface area contributed by atoms with E-state index in [2.05, 4.69) is 15.9 Å². The van der Waals surface area contributed by atoms with E-state index in [9.17, 15) is 9.59 Å². The van der Waals surface area contributed by atoms with Crippen molar-refractivity contribution in [3.63, 3.8) is 0 Å². The Morgan fingerprint density at radius 2 is 1.89 bits per heavy atom. The number of carbonyl (C=O) groups is 2. The maximum atomic E-state index is 12.0. The molecule has 0 fully saturated rings. The third-order valence-corrected chi connectivity index (χ3v) is 2.92. The first-order valence-corrected chi connectivity index (χ1v) is 5.99. The first kappa shape index (κ1) is 12.6. The Kier molecular flexibility index (Phi) is 3.62. The van der Waals surface area contributed by atoms with E-state index in [-0.39, 0.29) is 11.5 Å². The van der Waals surface area contributed by atoms with Crippen LogP contribution in [0.1, 0.15) is 16.1 Å². The molecular formula is C13H10BrNO3. The van der Waals surface area contributed by atoms with Crippen molar-refractivity contribution < 1.29 is 14.0 Å². The maximum Gasteiger partial charge on any atom is 0.228 e. The van der Waals surface area contributed by atoms with Crippen molar-refractivity contribution in [2.24, 2.45) is 0 Å². The first-order chi connectivity index (χ1) is 8.61. The summed E-state index contributed by atoms with van der Waals surface area (Å²) in [6.45, 7) is 0. The van der Waals surface area contributed by atoms with E-state index in [1.807, 2.05) is 0 Å². The largest absolute Gasteiger partial charge is 0.446 e. The highest BCUT2D eigenvalue weighted by Crippen LogP contribution is 2.19. The van der Waals surface area contributed by atoms with Crippen molar-refractivity contribution in [2.75, 3.05) is 11.9 Å². The molecule has 1 aromatic carbocycles. The van der Waals surface area contributed by atoms with Crippen molar-refractivity contribution in [1.29, 1.82) is 0 Å². The number of anilines is 1. The lowest BCUT2D eigenvalue weighted by molar-refractivity contribution is -0.107. The van der Waals surface area contributed by atoms with Crippen LogP contribution in [0.15, 0.2) is 45.5 Å². The molecule has 0 unspecified atom stereocenters. The Bertz CT molecular complexity index is 574. The molecule has 0 aliphatic heterocycles. The monoisotopic (exact) mass is 307 g/mol. The molecule has 0 bridgehead atoms. The third kappa shape index (κ3) is 2.51. The van der Waals surface area contributed by atoms with Crippen molar-refractivity contribution >= 4 is 33.8 Å². The van der Waals surface area contributed by atoms with E-state index in [0.717, 1.165) is 5.69 Å². The first-order valence-electron chi connectivity index (χ1n) is 5.20. The van der Waals surface area contributed by atoms with Gasteiger partial charge in [0.05, 0.1) is 0 Å². The SMILES string of the molecule is CN(C=O)c1ccc(C(=O)c2ccc(Br)o2)cc1. The summed E-state index contributed by atoms with van der Waals surface area (Å²) in [6.07, 6.45) is 0.709. The normalized spacial score (nSPS) is 10.1. The fourth-order valence-electron chi connectivity index (χ4n) is 1.49. The van der Waals surface area contributed by atoms with Gasteiger partial charge in [0, 0.05) is 18.3 Å². The van der Waals surface area contributed by atoms with E-state index in [4.69, 9.17) is 4.42 Å². The smallest absolute Gasteiger partial charge is 0.228 e. The minimum Gasteiger partial charge on any atom is -0.446 e. The van der Waals surface area contributed by atoms with Crippen LogP contribution in [0.5, 0.6) is 0 Å². The highest BCUT2D eigenvalue weighted by molar-refractivity contribution is 9.10. The number of amides is 1. The summed E-state index contributed by atoms with van der Waals surface area (Å²) in [5.74, 6) is 0.0828. The second-order valence-electron chi connectivity index (χ2n) is 3.70. The molecule has 0 aliphatic rings. The van der Waals surface area contributed by atoms with E-state index in [1.165, 1.54) is 4.90 Å². The predicted octanol–water partition coefficient (Wildman–Crippen LogP) is 2.87. The summed E-state index contributed by atoms with van der Waals surface area (Å²) in [5.41, 5.74) is 1.24. The maximum absolute atomic E-state index is 12.0. The predicted molar refractivity (Wildman–Crippen MR) is 70.7 cm³/mol. The van der Waals surface area contributed by atoms with Crippen LogP contribution >= 0.6 is 15.9 Å². The van der Waals surface area contributed by atoms with Crippen molar-refractivity contribution in [1.82, 2.24) is 0 Å². The molecule has 0 saturated carbocycles. The third-order valence-electron chi connectivity index (χ3n) is 2.49. The van der Waals surface area contributed by atoms with Gasteiger partial charge >= 0.3 is 0 Å². The molecule has 1 heterocycles. The Hall–Kier alpha value is -1.88. The standard InChI is InChI=1S/C13H10BrNO3/c1-15(8-16)10-4-2-9(3-5-10)13(17)11-6-7-12(14)18-11/h2-8H,1H3. The van der Waals surface area contributed by atoms with Gasteiger partial charge in [0.1, 0.15) is 0 Å². The average molecular weight is 308 g/mol. The summed E-state index contributed by atoms with van der Waals surface area (Å²) in [7, 11) is 1.65. The van der Waals surface area contributed by atoms with Gasteiger partial charge in [-0.15, -0.1) is 0 Å². The zero-order valence-corrected chi connectivity index (χ0v) is 11.2. The number of halogens is 1. The zero-order chi connectivity index (χ0) is 13.1. The lowest BCUT2D eigenvalue weighted by atomic mass is 10.1. The molecule has 0 atom stereocenters. The van der Waals surface area contributed by atoms with Crippen molar-refractivity contribution in [2.45, 2.75) is 0 Å². The minimum absolute atomic E-state index is 0.194. The van der Waals surface area contributed by atoms with Crippen molar-refractivity contribution in [3.05, 3.63) is 52.4 Å². The van der Waals surface area contributed by atoms with Crippen LogP contribution in [0, 0.1) is 0 Å². The topological polar surface area (TPSA) is 50.5 Å². The van der Waals surface area contributed by atoms with Crippen LogP contribution in [-0.2, 0) is 4.79 Å². The van der Waals surface area contributed by atoms with Gasteiger partial charge in [-0.2, -0.15) is 0 Å². The quantitative estimate of drug-likeness (QED) is 0.644. The van der Waals surface area contributed by atoms with Crippen molar-refractivity contribution in [3.8, 4) is 0 Å². The van der Waals surface area contributed by atoms with Crippen LogP contribution < -0.4 is 4.90 Å². The second-order valence-corrected chi connectivity index (χ2v) is 4.48. The molecule has 2 rings (SSSR count). The number of furan rings is 1. The number of nitrogens with zero attached hydrogens (tertiary/aromatic N) is 1. The number of benzene rings is 1. The summed E-state index contributed by atoms with van der Waals surface area (Å²) in [4.78, 5) is 24.0. The van der Waals surface area contributed by atoms with Gasteiger partial charge in [-0.25, -0.2) is 0 Å². The second kappa shape index (κ2) is 5.18. The molecule has 92 valence electrons. The van der Waals surface area contributed by atoms with E-state index < -0.39 is 0 Å². The molecule has 5 heteroatoms. The van der Waals surface area contributed by atoms with Crippen LogP contribution in [0.4, 0.5) is 5.69 Å². The lowest BCUT2D eigenvalue weighted by Crippen LogP contribution is -2.13. The lowest BCUT2D eigenvalue weighted by Gasteiger charge is -2.10. The highest BCUT2D eigenvalue weighted by Gasteiger charge is 2.13. The Morgan fingerprint density at radius 1 is 1.22 bits per heavy atom. The summed E-state index contributed by atoms with van der Waals surface area (Å²) in [6, 6.07) is 10.0. The van der Waals surface area contributed by atoms with Gasteiger partial charge in [0.2, 0.25) is 12.2 Å². The van der Waals surface area contributed by atoms with Gasteiger partial charge < -0.3 is 9.32 Å². The van der Waals surface area contributed by atoms with Gasteiger partial charge in [0.15, 0.2) is 10.4 Å². The van der Waals surface area contributed by atoms with E-state index >= 15 is 0 Å². The summed E-state index contributed by atoms with van der Waals surface area (Å²) < 4.78 is 5.72. The number of ketones is 1. The van der Waals surface area contributed by atoms with Crippen LogP contribution in [0.25, 0.3) is 0 Å². The van der Waals surface area contributed by atoms with Crippen LogP contribution in [0.2, 0.25) is 0 Å². The van der Waals surface area contributed by atoms with E-state index in [0.29, 0.717) is 16.6 Å². The molecule has 0 spiro atoms. The molecule has 1 aromatic heterocycles. The average Bonchev–Trinajstić information content (AvgIpc) is 2.84. The molecule has 0 saturated heterocycles. The minimum atomic E-state index is -0.194. The Balaban J connectivity index is 2.24. The van der Waals surface area contributed by atoms with Crippen LogP contribution in [0.3, 0.4) is 0 Å². The number of rotatable bonds is 4. The van der Waals surface area contributed by atoms with Gasteiger partial charge in [-0.05, 0) is 52.3 Å². The Morgan fingerprint density at radius 3 is 2.39 bits per heavy atom. The number of hydrogen-bond donors (Lipinski definition) is 0. The zero-order valence-electron chi connectivity index (χ0n) is 9.59. The fourth-order valence-corrected chi connectivity index (χ4v) is 1.79. The number of hydrogen-bond acceptors (Lipinski definition) is 3. The highest BCUT2D eigenvalue weighted by atomic mass is 79.9. The molecular weight excluding hydrogens is 298 g/mol. The molecule has 0 aliphatic carbocycles. The van der Waals surface area contributed by atoms with Crippen LogP contribution in [-0.4, -0.2) is 19.2 Å². The van der Waals surface area contributed by atoms with Gasteiger partial charge in [-0.3, -0.25) is 9.59 Å². The fraction of sp³-hybridized carbons (Fsp3) is 0.0769. The van der Waals surface area contributed by atoms with E-state index in [1.54, 1.807) is 43.4 Å². The number of carbonyl (C=O) groups excluding carboxylic acids is 2. The molecule has 18 heavy (non-hydrogen) atoms. The summed E-state index contributed by atoms with van der Waals surface area (Å²) >= 11 is 3.15. The molecule has 4 nitrogen and oxygen atoms in total. The van der Waals surface area contributed by atoms with Gasteiger partial charge in [-0.1, -0.05) is 0 Å². The molecule has 2 aromatic rings. The molecule has 0 radical (unpaired) electrons. The molecule has 0 N–H and O–H groups in total. The summed E-state index contributed by atoms with van der Waals surface area (Å²) in [5, 5.41) is 0. The molecule has 1 amide bonds. The van der Waals surface area contributed by atoms with Gasteiger partial charge in [0.25, 0.3) is 0 Å². The Labute approximate surface area is 112 Å².